The molecule has 0 aliphatic heterocycles. The predicted octanol–water partition coefficient (Wildman–Crippen LogP) is 3.53. The molecule has 0 unspecified atom stereocenters. The molecule has 6 heteroatoms. The van der Waals surface area contributed by atoms with Crippen LogP contribution in [-0.4, -0.2) is 25.1 Å². The Hall–Kier alpha value is -2.53. The van der Waals surface area contributed by atoms with Gasteiger partial charge in [0.05, 0.1) is 6.61 Å². The van der Waals surface area contributed by atoms with Gasteiger partial charge >= 0.3 is 5.97 Å². The van der Waals surface area contributed by atoms with Gasteiger partial charge in [-0.2, -0.15) is 0 Å². The van der Waals surface area contributed by atoms with Crippen LogP contribution in [0.1, 0.15) is 17.3 Å². The smallest absolute Gasteiger partial charge is 0.344 e. The molecule has 0 fully saturated rings. The van der Waals surface area contributed by atoms with Crippen molar-refractivity contribution in [2.75, 3.05) is 18.5 Å². The monoisotopic (exact) mass is 333 g/mol. The van der Waals surface area contributed by atoms with Crippen LogP contribution in [0.2, 0.25) is 5.02 Å². The van der Waals surface area contributed by atoms with Gasteiger partial charge in [-0.15, -0.1) is 0 Å². The lowest BCUT2D eigenvalue weighted by molar-refractivity contribution is -0.145. The number of carbonyl (C=O) groups excluding carboxylic acids is 2. The van der Waals surface area contributed by atoms with Crippen LogP contribution in [-0.2, 0) is 9.53 Å². The van der Waals surface area contributed by atoms with Gasteiger partial charge in [-0.25, -0.2) is 4.79 Å². The first-order chi connectivity index (χ1) is 11.1. The van der Waals surface area contributed by atoms with Crippen molar-refractivity contribution in [1.82, 2.24) is 0 Å². The third kappa shape index (κ3) is 5.30. The summed E-state index contributed by atoms with van der Waals surface area (Å²) >= 11 is 5.87. The van der Waals surface area contributed by atoms with E-state index >= 15 is 0 Å². The molecule has 23 heavy (non-hydrogen) atoms. The first kappa shape index (κ1) is 16.8. The summed E-state index contributed by atoms with van der Waals surface area (Å²) in [6, 6.07) is 13.4. The summed E-state index contributed by atoms with van der Waals surface area (Å²) in [5, 5.41) is 3.23. The average Bonchev–Trinajstić information content (AvgIpc) is 2.53. The number of benzene rings is 2. The van der Waals surface area contributed by atoms with Crippen molar-refractivity contribution in [2.45, 2.75) is 6.92 Å². The maximum Gasteiger partial charge on any atom is 0.344 e. The van der Waals surface area contributed by atoms with Gasteiger partial charge in [0.2, 0.25) is 0 Å². The van der Waals surface area contributed by atoms with Crippen LogP contribution in [0.25, 0.3) is 0 Å². The second-order valence-electron chi connectivity index (χ2n) is 4.59. The van der Waals surface area contributed by atoms with Crippen LogP contribution >= 0.6 is 11.6 Å². The zero-order chi connectivity index (χ0) is 16.7. The second kappa shape index (κ2) is 8.19. The highest BCUT2D eigenvalue weighted by Crippen LogP contribution is 2.19. The summed E-state index contributed by atoms with van der Waals surface area (Å²) in [6.45, 7) is 1.85. The molecular formula is C17H16ClNO4. The number of nitrogens with one attached hydrogen (secondary N) is 1. The van der Waals surface area contributed by atoms with Crippen LogP contribution in [0.3, 0.4) is 0 Å². The second-order valence-corrected chi connectivity index (χ2v) is 5.02. The van der Waals surface area contributed by atoms with Gasteiger partial charge in [-0.3, -0.25) is 4.79 Å². The number of esters is 1. The predicted molar refractivity (Wildman–Crippen MR) is 88.0 cm³/mol. The van der Waals surface area contributed by atoms with E-state index < -0.39 is 5.97 Å². The highest BCUT2D eigenvalue weighted by Gasteiger charge is 2.08. The Balaban J connectivity index is 1.99. The highest BCUT2D eigenvalue weighted by molar-refractivity contribution is 6.31. The number of amides is 1. The minimum atomic E-state index is -0.444. The summed E-state index contributed by atoms with van der Waals surface area (Å²) in [6.07, 6.45) is 0. The van der Waals surface area contributed by atoms with E-state index in [1.807, 2.05) is 0 Å². The van der Waals surface area contributed by atoms with Gasteiger partial charge in [-0.1, -0.05) is 23.7 Å². The summed E-state index contributed by atoms with van der Waals surface area (Å²) in [7, 11) is 0. The maximum absolute atomic E-state index is 12.1. The zero-order valence-corrected chi connectivity index (χ0v) is 13.3. The molecular weight excluding hydrogens is 318 g/mol. The third-order valence-electron chi connectivity index (χ3n) is 2.84. The van der Waals surface area contributed by atoms with Crippen molar-refractivity contribution in [3.63, 3.8) is 0 Å². The molecule has 0 heterocycles. The van der Waals surface area contributed by atoms with E-state index in [0.29, 0.717) is 28.6 Å². The molecule has 0 aliphatic rings. The van der Waals surface area contributed by atoms with E-state index in [-0.39, 0.29) is 12.5 Å². The number of ether oxygens (including phenoxy) is 2. The molecule has 5 nitrogen and oxygen atoms in total. The third-order valence-corrected chi connectivity index (χ3v) is 3.08. The van der Waals surface area contributed by atoms with Gasteiger partial charge in [0, 0.05) is 22.3 Å². The molecule has 0 aliphatic carbocycles. The number of hydrogen-bond donors (Lipinski definition) is 1. The average molecular weight is 334 g/mol. The molecule has 2 rings (SSSR count). The van der Waals surface area contributed by atoms with Crippen LogP contribution in [0.5, 0.6) is 5.75 Å². The fourth-order valence-corrected chi connectivity index (χ4v) is 2.03. The van der Waals surface area contributed by atoms with E-state index in [4.69, 9.17) is 21.1 Å². The van der Waals surface area contributed by atoms with Gasteiger partial charge in [0.15, 0.2) is 6.61 Å². The minimum absolute atomic E-state index is 0.181. The Morgan fingerprint density at radius 3 is 2.65 bits per heavy atom. The quantitative estimate of drug-likeness (QED) is 0.821. The SMILES string of the molecule is CCOC(=O)COc1cccc(NC(=O)c2cccc(Cl)c2)c1. The van der Waals surface area contributed by atoms with Crippen molar-refractivity contribution in [2.24, 2.45) is 0 Å². The van der Waals surface area contributed by atoms with E-state index in [1.165, 1.54) is 0 Å². The van der Waals surface area contributed by atoms with Crippen molar-refractivity contribution in [1.29, 1.82) is 0 Å². The molecule has 1 N–H and O–H groups in total. The van der Waals surface area contributed by atoms with Crippen molar-refractivity contribution < 1.29 is 19.1 Å². The zero-order valence-electron chi connectivity index (χ0n) is 12.5. The number of anilines is 1. The lowest BCUT2D eigenvalue weighted by Gasteiger charge is -2.09. The van der Waals surface area contributed by atoms with Gasteiger partial charge < -0.3 is 14.8 Å². The summed E-state index contributed by atoms with van der Waals surface area (Å²) in [4.78, 5) is 23.4. The van der Waals surface area contributed by atoms with E-state index in [0.717, 1.165) is 0 Å². The molecule has 1 amide bonds. The molecule has 120 valence electrons. The number of rotatable bonds is 6. The Bertz CT molecular complexity index is 702. The summed E-state index contributed by atoms with van der Waals surface area (Å²) < 4.78 is 10.1. The number of hydrogen-bond acceptors (Lipinski definition) is 4. The standard InChI is InChI=1S/C17H16ClNO4/c1-2-22-16(20)11-23-15-8-4-7-14(10-15)19-17(21)12-5-3-6-13(18)9-12/h3-10H,2,11H2,1H3,(H,19,21). The summed E-state index contributed by atoms with van der Waals surface area (Å²) in [5.41, 5.74) is 1.01. The molecule has 0 atom stereocenters. The minimum Gasteiger partial charge on any atom is -0.482 e. The highest BCUT2D eigenvalue weighted by atomic mass is 35.5. The molecule has 0 radical (unpaired) electrons. The van der Waals surface area contributed by atoms with Gasteiger partial charge in [0.25, 0.3) is 5.91 Å². The first-order valence-corrected chi connectivity index (χ1v) is 7.41. The molecule has 0 saturated carbocycles. The fourth-order valence-electron chi connectivity index (χ4n) is 1.84. The van der Waals surface area contributed by atoms with Crippen LogP contribution in [0.15, 0.2) is 48.5 Å². The maximum atomic E-state index is 12.1. The number of carbonyl (C=O) groups is 2. The fraction of sp³-hybridized carbons (Fsp3) is 0.176. The van der Waals surface area contributed by atoms with E-state index in [2.05, 4.69) is 5.32 Å². The Labute approximate surface area is 139 Å². The lowest BCUT2D eigenvalue weighted by Crippen LogP contribution is -2.15. The van der Waals surface area contributed by atoms with Crippen molar-refractivity contribution in [3.8, 4) is 5.75 Å². The Kier molecular flexibility index (Phi) is 6.00. The summed E-state index contributed by atoms with van der Waals surface area (Å²) in [5.74, 6) is -0.266. The molecule has 0 spiro atoms. The van der Waals surface area contributed by atoms with Crippen LogP contribution in [0.4, 0.5) is 5.69 Å². The van der Waals surface area contributed by atoms with Crippen LogP contribution < -0.4 is 10.1 Å². The van der Waals surface area contributed by atoms with Crippen LogP contribution in [0, 0.1) is 0 Å². The van der Waals surface area contributed by atoms with Crippen molar-refractivity contribution >= 4 is 29.2 Å². The topological polar surface area (TPSA) is 64.6 Å². The van der Waals surface area contributed by atoms with E-state index in [9.17, 15) is 9.59 Å². The normalized spacial score (nSPS) is 10.0. The molecule has 0 aromatic heterocycles. The number of halogens is 1. The Morgan fingerprint density at radius 2 is 1.91 bits per heavy atom. The molecule has 0 saturated heterocycles. The largest absolute Gasteiger partial charge is 0.482 e. The molecule has 0 bridgehead atoms. The molecule has 2 aromatic rings. The van der Waals surface area contributed by atoms with Gasteiger partial charge in [-0.05, 0) is 37.3 Å². The van der Waals surface area contributed by atoms with Gasteiger partial charge in [0.1, 0.15) is 5.75 Å². The first-order valence-electron chi connectivity index (χ1n) is 7.04. The lowest BCUT2D eigenvalue weighted by atomic mass is 10.2. The van der Waals surface area contributed by atoms with Crippen molar-refractivity contribution in [3.05, 3.63) is 59.1 Å². The van der Waals surface area contributed by atoms with E-state index in [1.54, 1.807) is 55.5 Å². The molecule has 2 aromatic carbocycles. The Morgan fingerprint density at radius 1 is 1.13 bits per heavy atom.